The third kappa shape index (κ3) is 7.21. The SMILES string of the molecule is CCOCCCNC(=O)Nc1ccc(C)c(OCC(F)F)c1. The predicted octanol–water partition coefficient (Wildman–Crippen LogP) is 3.19. The first-order valence-corrected chi connectivity index (χ1v) is 7.17. The number of carbonyl (C=O) groups is 1. The Morgan fingerprint density at radius 1 is 1.36 bits per heavy atom. The lowest BCUT2D eigenvalue weighted by atomic mass is 10.2. The quantitative estimate of drug-likeness (QED) is 0.688. The van der Waals surface area contributed by atoms with E-state index in [1.54, 1.807) is 19.1 Å². The van der Waals surface area contributed by atoms with Crippen LogP contribution < -0.4 is 15.4 Å². The van der Waals surface area contributed by atoms with Gasteiger partial charge in [-0.1, -0.05) is 6.07 Å². The van der Waals surface area contributed by atoms with Crippen molar-refractivity contribution in [2.75, 3.05) is 31.7 Å². The molecule has 0 fully saturated rings. The number of benzene rings is 1. The van der Waals surface area contributed by atoms with Crippen LogP contribution in [0.15, 0.2) is 18.2 Å². The average Bonchev–Trinajstić information content (AvgIpc) is 2.47. The Morgan fingerprint density at radius 3 is 2.82 bits per heavy atom. The molecule has 0 atom stereocenters. The molecule has 0 spiro atoms. The zero-order valence-corrected chi connectivity index (χ0v) is 12.8. The molecule has 1 aromatic rings. The first kappa shape index (κ1) is 18.2. The molecular weight excluding hydrogens is 294 g/mol. The molecule has 0 aliphatic heterocycles. The van der Waals surface area contributed by atoms with Crippen molar-refractivity contribution in [2.45, 2.75) is 26.7 Å². The van der Waals surface area contributed by atoms with Crippen LogP contribution >= 0.6 is 0 Å². The Hall–Kier alpha value is -1.89. The van der Waals surface area contributed by atoms with Gasteiger partial charge in [-0.15, -0.1) is 0 Å². The molecule has 1 aromatic carbocycles. The third-order valence-electron chi connectivity index (χ3n) is 2.77. The second-order valence-electron chi connectivity index (χ2n) is 4.61. The second kappa shape index (κ2) is 9.94. The summed E-state index contributed by atoms with van der Waals surface area (Å²) >= 11 is 0. The number of rotatable bonds is 9. The number of amides is 2. The van der Waals surface area contributed by atoms with E-state index in [-0.39, 0.29) is 6.03 Å². The maximum Gasteiger partial charge on any atom is 0.319 e. The topological polar surface area (TPSA) is 59.6 Å². The van der Waals surface area contributed by atoms with E-state index >= 15 is 0 Å². The summed E-state index contributed by atoms with van der Waals surface area (Å²) in [6.45, 7) is 4.72. The lowest BCUT2D eigenvalue weighted by Gasteiger charge is -2.12. The molecular formula is C15H22F2N2O3. The van der Waals surface area contributed by atoms with E-state index < -0.39 is 13.0 Å². The van der Waals surface area contributed by atoms with Crippen molar-refractivity contribution in [1.82, 2.24) is 5.32 Å². The molecule has 0 saturated heterocycles. The Balaban J connectivity index is 2.44. The van der Waals surface area contributed by atoms with Gasteiger partial charge in [0.25, 0.3) is 6.43 Å². The van der Waals surface area contributed by atoms with Crippen LogP contribution in [0.3, 0.4) is 0 Å². The van der Waals surface area contributed by atoms with Crippen LogP contribution in [0.2, 0.25) is 0 Å². The molecule has 2 amide bonds. The molecule has 0 aliphatic rings. The van der Waals surface area contributed by atoms with E-state index in [1.165, 1.54) is 6.07 Å². The fourth-order valence-electron chi connectivity index (χ4n) is 1.68. The lowest BCUT2D eigenvalue weighted by molar-refractivity contribution is 0.0816. The summed E-state index contributed by atoms with van der Waals surface area (Å²) < 4.78 is 34.5. The normalized spacial score (nSPS) is 10.6. The number of aryl methyl sites for hydroxylation is 1. The van der Waals surface area contributed by atoms with E-state index in [1.807, 2.05) is 6.92 Å². The molecule has 0 saturated carbocycles. The lowest BCUT2D eigenvalue weighted by Crippen LogP contribution is -2.30. The molecule has 0 unspecified atom stereocenters. The third-order valence-corrected chi connectivity index (χ3v) is 2.77. The van der Waals surface area contributed by atoms with E-state index in [2.05, 4.69) is 10.6 Å². The zero-order chi connectivity index (χ0) is 16.4. The zero-order valence-electron chi connectivity index (χ0n) is 12.8. The average molecular weight is 316 g/mol. The molecule has 1 rings (SSSR count). The highest BCUT2D eigenvalue weighted by atomic mass is 19.3. The first-order chi connectivity index (χ1) is 10.5. The standard InChI is InChI=1S/C15H22F2N2O3/c1-3-21-8-4-7-18-15(20)19-12-6-5-11(2)13(9-12)22-10-14(16)17/h5-6,9,14H,3-4,7-8,10H2,1-2H3,(H2,18,19,20). The van der Waals surface area contributed by atoms with Crippen molar-refractivity contribution in [3.63, 3.8) is 0 Å². The van der Waals surface area contributed by atoms with E-state index in [0.29, 0.717) is 31.2 Å². The number of nitrogens with one attached hydrogen (secondary N) is 2. The minimum absolute atomic E-state index is 0.328. The van der Waals surface area contributed by atoms with Crippen LogP contribution in [0.4, 0.5) is 19.3 Å². The monoisotopic (exact) mass is 316 g/mol. The molecule has 0 aliphatic carbocycles. The molecule has 0 bridgehead atoms. The molecule has 0 heterocycles. The summed E-state index contributed by atoms with van der Waals surface area (Å²) in [5.74, 6) is 0.328. The van der Waals surface area contributed by atoms with Crippen LogP contribution in [0.25, 0.3) is 0 Å². The fourth-order valence-corrected chi connectivity index (χ4v) is 1.68. The number of ether oxygens (including phenoxy) is 2. The van der Waals surface area contributed by atoms with E-state index in [4.69, 9.17) is 9.47 Å². The summed E-state index contributed by atoms with van der Waals surface area (Å²) in [7, 11) is 0. The van der Waals surface area contributed by atoms with Gasteiger partial charge in [0.2, 0.25) is 0 Å². The highest BCUT2D eigenvalue weighted by Crippen LogP contribution is 2.23. The van der Waals surface area contributed by atoms with Gasteiger partial charge in [0, 0.05) is 31.5 Å². The van der Waals surface area contributed by atoms with Crippen molar-refractivity contribution in [3.8, 4) is 5.75 Å². The number of halogens is 2. The van der Waals surface area contributed by atoms with Crippen molar-refractivity contribution in [1.29, 1.82) is 0 Å². The Morgan fingerprint density at radius 2 is 2.14 bits per heavy atom. The van der Waals surface area contributed by atoms with Crippen LogP contribution in [-0.2, 0) is 4.74 Å². The summed E-state index contributed by atoms with van der Waals surface area (Å²) in [6, 6.07) is 4.55. The highest BCUT2D eigenvalue weighted by Gasteiger charge is 2.08. The number of alkyl halides is 2. The van der Waals surface area contributed by atoms with Gasteiger partial charge in [-0.2, -0.15) is 0 Å². The smallest absolute Gasteiger partial charge is 0.319 e. The van der Waals surface area contributed by atoms with Gasteiger partial charge in [-0.3, -0.25) is 0 Å². The van der Waals surface area contributed by atoms with Gasteiger partial charge in [-0.25, -0.2) is 13.6 Å². The molecule has 7 heteroatoms. The molecule has 124 valence electrons. The van der Waals surface area contributed by atoms with Gasteiger partial charge in [-0.05, 0) is 31.9 Å². The van der Waals surface area contributed by atoms with Gasteiger partial charge in [0.05, 0.1) is 0 Å². The number of anilines is 1. The number of hydrogen-bond acceptors (Lipinski definition) is 3. The Kier molecular flexibility index (Phi) is 8.21. The Bertz CT molecular complexity index is 470. The molecule has 0 aromatic heterocycles. The van der Waals surface area contributed by atoms with Crippen molar-refractivity contribution in [3.05, 3.63) is 23.8 Å². The predicted molar refractivity (Wildman–Crippen MR) is 80.8 cm³/mol. The second-order valence-corrected chi connectivity index (χ2v) is 4.61. The summed E-state index contributed by atoms with van der Waals surface area (Å²) in [5, 5.41) is 5.31. The van der Waals surface area contributed by atoms with Crippen molar-refractivity contribution in [2.24, 2.45) is 0 Å². The summed E-state index contributed by atoms with van der Waals surface area (Å²) in [5.41, 5.74) is 1.21. The number of hydrogen-bond donors (Lipinski definition) is 2. The molecule has 5 nitrogen and oxygen atoms in total. The van der Waals surface area contributed by atoms with Crippen molar-refractivity contribution < 1.29 is 23.0 Å². The molecule has 22 heavy (non-hydrogen) atoms. The van der Waals surface area contributed by atoms with Crippen LogP contribution in [0, 0.1) is 6.92 Å². The fraction of sp³-hybridized carbons (Fsp3) is 0.533. The first-order valence-electron chi connectivity index (χ1n) is 7.17. The van der Waals surface area contributed by atoms with Gasteiger partial charge in [0.15, 0.2) is 0 Å². The molecule has 0 radical (unpaired) electrons. The van der Waals surface area contributed by atoms with Crippen LogP contribution in [0.1, 0.15) is 18.9 Å². The van der Waals surface area contributed by atoms with Crippen molar-refractivity contribution >= 4 is 11.7 Å². The number of carbonyl (C=O) groups excluding carboxylic acids is 1. The minimum Gasteiger partial charge on any atom is -0.487 e. The van der Waals surface area contributed by atoms with Crippen LogP contribution in [-0.4, -0.2) is 38.8 Å². The maximum atomic E-state index is 12.2. The summed E-state index contributed by atoms with van der Waals surface area (Å²) in [4.78, 5) is 11.7. The summed E-state index contributed by atoms with van der Waals surface area (Å²) in [6.07, 6.45) is -1.82. The van der Waals surface area contributed by atoms with E-state index in [9.17, 15) is 13.6 Å². The van der Waals surface area contributed by atoms with Gasteiger partial charge in [0.1, 0.15) is 12.4 Å². The largest absolute Gasteiger partial charge is 0.487 e. The Labute approximate surface area is 129 Å². The minimum atomic E-state index is -2.54. The van der Waals surface area contributed by atoms with Gasteiger partial charge < -0.3 is 20.1 Å². The number of urea groups is 1. The van der Waals surface area contributed by atoms with Gasteiger partial charge >= 0.3 is 6.03 Å². The molecule has 2 N–H and O–H groups in total. The highest BCUT2D eigenvalue weighted by molar-refractivity contribution is 5.89. The van der Waals surface area contributed by atoms with E-state index in [0.717, 1.165) is 12.0 Å². The van der Waals surface area contributed by atoms with Crippen LogP contribution in [0.5, 0.6) is 5.75 Å². The maximum absolute atomic E-state index is 12.2.